The lowest BCUT2D eigenvalue weighted by Crippen LogP contribution is -2.23. The van der Waals surface area contributed by atoms with Crippen molar-refractivity contribution >= 4 is 26.3 Å². The monoisotopic (exact) mass is 367 g/mol. The van der Waals surface area contributed by atoms with Crippen LogP contribution in [0, 0.1) is 6.92 Å². The molecule has 0 fully saturated rings. The molecule has 1 N–H and O–H groups in total. The zero-order chi connectivity index (χ0) is 17.3. The Morgan fingerprint density at radius 3 is 2.58 bits per heavy atom. The summed E-state index contributed by atoms with van der Waals surface area (Å²) in [6, 6.07) is 6.31. The van der Waals surface area contributed by atoms with E-state index in [1.165, 1.54) is 23.5 Å². The third-order valence-corrected chi connectivity index (χ3v) is 5.42. The number of hydrogen-bond donors (Lipinski definition) is 1. The Labute approximate surface area is 143 Å². The number of benzene rings is 1. The first-order valence-corrected chi connectivity index (χ1v) is 9.59. The van der Waals surface area contributed by atoms with E-state index in [0.29, 0.717) is 21.5 Å². The largest absolute Gasteiger partial charge is 0.491 e. The van der Waals surface area contributed by atoms with Gasteiger partial charge >= 0.3 is 0 Å². The van der Waals surface area contributed by atoms with Gasteiger partial charge in [-0.1, -0.05) is 11.3 Å². The highest BCUT2D eigenvalue weighted by Crippen LogP contribution is 2.18. The highest BCUT2D eigenvalue weighted by molar-refractivity contribution is 7.89. The molecule has 8 nitrogen and oxygen atoms in total. The molecule has 3 aromatic rings. The quantitative estimate of drug-likeness (QED) is 0.713. The molecule has 0 unspecified atom stereocenters. The molecule has 0 bridgehead atoms. The summed E-state index contributed by atoms with van der Waals surface area (Å²) in [6.07, 6.45) is 0.0346. The molecule has 0 aliphatic rings. The van der Waals surface area contributed by atoms with E-state index in [-0.39, 0.29) is 17.5 Å². The molecule has 0 saturated heterocycles. The molecule has 24 heavy (non-hydrogen) atoms. The van der Waals surface area contributed by atoms with Gasteiger partial charge in [0.25, 0.3) is 0 Å². The Hall–Kier alpha value is -2.04. The van der Waals surface area contributed by atoms with E-state index in [2.05, 4.69) is 20.0 Å². The van der Waals surface area contributed by atoms with Crippen molar-refractivity contribution < 1.29 is 13.2 Å². The van der Waals surface area contributed by atoms with Crippen molar-refractivity contribution in [3.63, 3.8) is 0 Å². The van der Waals surface area contributed by atoms with Crippen LogP contribution in [0.15, 0.2) is 29.2 Å². The second-order valence-corrected chi connectivity index (χ2v) is 8.21. The van der Waals surface area contributed by atoms with Crippen LogP contribution >= 0.6 is 11.3 Å². The van der Waals surface area contributed by atoms with Crippen LogP contribution in [0.5, 0.6) is 5.75 Å². The minimum atomic E-state index is -3.62. The molecule has 10 heteroatoms. The number of nitrogens with one attached hydrogen (secondary N) is 1. The number of aromatic nitrogens is 4. The Morgan fingerprint density at radius 1 is 1.25 bits per heavy atom. The van der Waals surface area contributed by atoms with Crippen molar-refractivity contribution in [3.8, 4) is 5.75 Å². The maximum Gasteiger partial charge on any atom is 0.240 e. The number of rotatable bonds is 6. The number of ether oxygens (including phenoxy) is 1. The zero-order valence-electron chi connectivity index (χ0n) is 13.4. The van der Waals surface area contributed by atoms with Gasteiger partial charge in [-0.15, -0.1) is 10.2 Å². The summed E-state index contributed by atoms with van der Waals surface area (Å²) in [4.78, 5) is 0.815. The van der Waals surface area contributed by atoms with Gasteiger partial charge in [-0.3, -0.25) is 0 Å². The van der Waals surface area contributed by atoms with Crippen LogP contribution in [0.2, 0.25) is 0 Å². The summed E-state index contributed by atoms with van der Waals surface area (Å²) < 4.78 is 34.3. The molecule has 0 aliphatic carbocycles. The normalized spacial score (nSPS) is 12.2. The van der Waals surface area contributed by atoms with Gasteiger partial charge in [0.1, 0.15) is 10.8 Å². The van der Waals surface area contributed by atoms with E-state index in [4.69, 9.17) is 4.74 Å². The third kappa shape index (κ3) is 3.55. The highest BCUT2D eigenvalue weighted by Gasteiger charge is 2.16. The molecular formula is C14H17N5O3S2. The highest BCUT2D eigenvalue weighted by atomic mass is 32.2. The van der Waals surface area contributed by atoms with Gasteiger partial charge in [0.2, 0.25) is 15.0 Å². The van der Waals surface area contributed by atoms with Gasteiger partial charge in [0.15, 0.2) is 5.82 Å². The van der Waals surface area contributed by atoms with Crippen LogP contribution in [-0.2, 0) is 16.6 Å². The molecule has 0 radical (unpaired) electrons. The molecule has 0 amide bonds. The average Bonchev–Trinajstić information content (AvgIpc) is 3.07. The van der Waals surface area contributed by atoms with Crippen LogP contribution in [0.4, 0.5) is 0 Å². The van der Waals surface area contributed by atoms with Gasteiger partial charge in [0.05, 0.1) is 17.5 Å². The van der Waals surface area contributed by atoms with Crippen molar-refractivity contribution in [2.24, 2.45) is 0 Å². The molecule has 1 aromatic carbocycles. The van der Waals surface area contributed by atoms with E-state index in [0.717, 1.165) is 0 Å². The van der Waals surface area contributed by atoms with Gasteiger partial charge in [-0.25, -0.2) is 13.1 Å². The summed E-state index contributed by atoms with van der Waals surface area (Å²) in [5.41, 5.74) is 0. The van der Waals surface area contributed by atoms with Crippen LogP contribution in [0.1, 0.15) is 24.7 Å². The van der Waals surface area contributed by atoms with Crippen molar-refractivity contribution in [1.82, 2.24) is 24.5 Å². The summed E-state index contributed by atoms with van der Waals surface area (Å²) >= 11 is 1.29. The predicted octanol–water partition coefficient (Wildman–Crippen LogP) is 1.76. The first-order chi connectivity index (χ1) is 11.3. The first kappa shape index (κ1) is 16.8. The number of fused-ring (bicyclic) bond motifs is 1. The van der Waals surface area contributed by atoms with Crippen LogP contribution in [0.3, 0.4) is 0 Å². The lowest BCUT2D eigenvalue weighted by atomic mass is 10.3. The molecule has 0 spiro atoms. The van der Waals surface area contributed by atoms with Crippen molar-refractivity contribution in [2.45, 2.75) is 38.3 Å². The molecule has 0 atom stereocenters. The molecule has 2 heterocycles. The fraction of sp³-hybridized carbons (Fsp3) is 0.357. The summed E-state index contributed by atoms with van der Waals surface area (Å²) in [6.45, 7) is 5.71. The van der Waals surface area contributed by atoms with E-state index in [1.807, 2.05) is 13.8 Å². The maximum absolute atomic E-state index is 12.3. The first-order valence-electron chi connectivity index (χ1n) is 7.29. The Morgan fingerprint density at radius 2 is 1.96 bits per heavy atom. The van der Waals surface area contributed by atoms with Crippen LogP contribution in [-0.4, -0.2) is 34.3 Å². The fourth-order valence-corrected chi connectivity index (χ4v) is 3.93. The summed E-state index contributed by atoms with van der Waals surface area (Å²) in [5, 5.41) is 12.7. The molecule has 0 saturated carbocycles. The van der Waals surface area contributed by atoms with Gasteiger partial charge in [-0.05, 0) is 45.0 Å². The van der Waals surface area contributed by atoms with Crippen molar-refractivity contribution in [1.29, 1.82) is 0 Å². The second-order valence-electron chi connectivity index (χ2n) is 5.40. The summed E-state index contributed by atoms with van der Waals surface area (Å²) in [5.74, 6) is 1.30. The minimum Gasteiger partial charge on any atom is -0.491 e. The molecular weight excluding hydrogens is 350 g/mol. The van der Waals surface area contributed by atoms with E-state index in [1.54, 1.807) is 23.6 Å². The Kier molecular flexibility index (Phi) is 4.52. The number of sulfonamides is 1. The SMILES string of the molecule is Cc1nnc2sc(CNS(=O)(=O)c3ccc(OC(C)C)cc3)nn12. The van der Waals surface area contributed by atoms with Gasteiger partial charge in [-0.2, -0.15) is 9.61 Å². The fourth-order valence-electron chi connectivity index (χ4n) is 2.04. The standard InChI is InChI=1S/C14H17N5O3S2/c1-9(2)22-11-4-6-12(7-5-11)24(20,21)15-8-13-18-19-10(3)16-17-14(19)23-13/h4-7,9,15H,8H2,1-3H3. The Balaban J connectivity index is 1.71. The minimum absolute atomic E-state index is 0.0346. The van der Waals surface area contributed by atoms with Crippen LogP contribution < -0.4 is 9.46 Å². The molecule has 0 aliphatic heterocycles. The van der Waals surface area contributed by atoms with Gasteiger partial charge < -0.3 is 4.74 Å². The van der Waals surface area contributed by atoms with E-state index >= 15 is 0 Å². The number of nitrogens with zero attached hydrogens (tertiary/aromatic N) is 4. The lowest BCUT2D eigenvalue weighted by Gasteiger charge is -2.10. The predicted molar refractivity (Wildman–Crippen MR) is 89.6 cm³/mol. The number of aryl methyl sites for hydroxylation is 1. The van der Waals surface area contributed by atoms with E-state index in [9.17, 15) is 8.42 Å². The molecule has 2 aromatic heterocycles. The smallest absolute Gasteiger partial charge is 0.240 e. The number of hydrogen-bond acceptors (Lipinski definition) is 7. The Bertz CT molecular complexity index is 945. The third-order valence-electron chi connectivity index (χ3n) is 3.11. The lowest BCUT2D eigenvalue weighted by molar-refractivity contribution is 0.242. The summed E-state index contributed by atoms with van der Waals surface area (Å²) in [7, 11) is -3.62. The van der Waals surface area contributed by atoms with E-state index < -0.39 is 10.0 Å². The van der Waals surface area contributed by atoms with Crippen molar-refractivity contribution in [3.05, 3.63) is 35.1 Å². The second kappa shape index (κ2) is 6.46. The zero-order valence-corrected chi connectivity index (χ0v) is 15.1. The van der Waals surface area contributed by atoms with Crippen LogP contribution in [0.25, 0.3) is 4.96 Å². The maximum atomic E-state index is 12.3. The molecule has 3 rings (SSSR count). The average molecular weight is 367 g/mol. The van der Waals surface area contributed by atoms with Gasteiger partial charge in [0, 0.05) is 0 Å². The molecule has 128 valence electrons. The topological polar surface area (TPSA) is 98.5 Å². The van der Waals surface area contributed by atoms with Crippen molar-refractivity contribution in [2.75, 3.05) is 0 Å².